The highest BCUT2D eigenvalue weighted by atomic mass is 16.3. The summed E-state index contributed by atoms with van der Waals surface area (Å²) in [5, 5.41) is 9.87. The molecule has 3 nitrogen and oxygen atoms in total. The van der Waals surface area contributed by atoms with E-state index in [1.807, 2.05) is 18.2 Å². The van der Waals surface area contributed by atoms with Gasteiger partial charge in [-0.25, -0.2) is 0 Å². The van der Waals surface area contributed by atoms with Crippen LogP contribution in [-0.4, -0.2) is 42.7 Å². The van der Waals surface area contributed by atoms with E-state index in [1.54, 1.807) is 6.07 Å². The van der Waals surface area contributed by atoms with Gasteiger partial charge >= 0.3 is 0 Å². The van der Waals surface area contributed by atoms with Crippen LogP contribution in [0.25, 0.3) is 0 Å². The van der Waals surface area contributed by atoms with Crippen LogP contribution in [0, 0.1) is 0 Å². The summed E-state index contributed by atoms with van der Waals surface area (Å²) in [6.45, 7) is 7.75. The van der Waals surface area contributed by atoms with Crippen molar-refractivity contribution in [1.82, 2.24) is 4.90 Å². The zero-order chi connectivity index (χ0) is 13.5. The van der Waals surface area contributed by atoms with E-state index in [9.17, 15) is 5.11 Å². The maximum absolute atomic E-state index is 9.87. The normalized spacial score (nSPS) is 16.8. The summed E-state index contributed by atoms with van der Waals surface area (Å²) in [7, 11) is 0. The standard InChI is InChI=1S/C16H26N2O/c1-2-3-4-7-10-17-11-13-18(14-12-17)15-8-5-6-9-16(15)19/h5-6,8-9,19H,2-4,7,10-14H2,1H3. The van der Waals surface area contributed by atoms with Crippen LogP contribution >= 0.6 is 0 Å². The summed E-state index contributed by atoms with van der Waals surface area (Å²) in [6, 6.07) is 7.65. The Morgan fingerprint density at radius 1 is 1.00 bits per heavy atom. The summed E-state index contributed by atoms with van der Waals surface area (Å²) in [5.41, 5.74) is 0.980. The molecule has 3 heteroatoms. The Balaban J connectivity index is 1.75. The van der Waals surface area contributed by atoms with Gasteiger partial charge in [-0.05, 0) is 25.1 Å². The predicted molar refractivity (Wildman–Crippen MR) is 80.9 cm³/mol. The van der Waals surface area contributed by atoms with E-state index >= 15 is 0 Å². The van der Waals surface area contributed by atoms with Gasteiger partial charge in [0.15, 0.2) is 0 Å². The van der Waals surface area contributed by atoms with Crippen molar-refractivity contribution >= 4 is 5.69 Å². The zero-order valence-corrected chi connectivity index (χ0v) is 12.0. The maximum Gasteiger partial charge on any atom is 0.138 e. The van der Waals surface area contributed by atoms with Crippen molar-refractivity contribution < 1.29 is 5.11 Å². The summed E-state index contributed by atoms with van der Waals surface area (Å²) in [5.74, 6) is 0.402. The van der Waals surface area contributed by atoms with Gasteiger partial charge in [0.05, 0.1) is 5.69 Å². The topological polar surface area (TPSA) is 26.7 Å². The summed E-state index contributed by atoms with van der Waals surface area (Å²) < 4.78 is 0. The number of hydrogen-bond donors (Lipinski definition) is 1. The molecule has 1 aromatic carbocycles. The van der Waals surface area contributed by atoms with E-state index in [4.69, 9.17) is 0 Å². The van der Waals surface area contributed by atoms with Crippen molar-refractivity contribution in [3.05, 3.63) is 24.3 Å². The van der Waals surface area contributed by atoms with E-state index in [0.717, 1.165) is 31.9 Å². The lowest BCUT2D eigenvalue weighted by Crippen LogP contribution is -2.46. The summed E-state index contributed by atoms with van der Waals surface area (Å²) in [4.78, 5) is 4.84. The van der Waals surface area contributed by atoms with Gasteiger partial charge in [-0.1, -0.05) is 38.3 Å². The Kier molecular flexibility index (Phi) is 5.52. The van der Waals surface area contributed by atoms with Crippen molar-refractivity contribution in [1.29, 1.82) is 0 Å². The van der Waals surface area contributed by atoms with E-state index in [-0.39, 0.29) is 0 Å². The van der Waals surface area contributed by atoms with Gasteiger partial charge in [-0.2, -0.15) is 0 Å². The number of rotatable bonds is 6. The van der Waals surface area contributed by atoms with Crippen molar-refractivity contribution in [2.45, 2.75) is 32.6 Å². The Morgan fingerprint density at radius 3 is 2.42 bits per heavy atom. The molecule has 1 N–H and O–H groups in total. The fourth-order valence-electron chi connectivity index (χ4n) is 2.71. The number of piperazine rings is 1. The van der Waals surface area contributed by atoms with Gasteiger partial charge in [0, 0.05) is 26.2 Å². The molecule has 0 atom stereocenters. The molecule has 0 radical (unpaired) electrons. The van der Waals surface area contributed by atoms with Gasteiger partial charge in [-0.3, -0.25) is 4.90 Å². The van der Waals surface area contributed by atoms with Crippen molar-refractivity contribution in [2.24, 2.45) is 0 Å². The number of para-hydroxylation sites is 2. The molecule has 1 aliphatic rings. The first-order valence-electron chi connectivity index (χ1n) is 7.56. The molecule has 19 heavy (non-hydrogen) atoms. The van der Waals surface area contributed by atoms with E-state index in [2.05, 4.69) is 16.7 Å². The average Bonchev–Trinajstić information content (AvgIpc) is 2.45. The third kappa shape index (κ3) is 4.13. The van der Waals surface area contributed by atoms with Crippen LogP contribution in [0.3, 0.4) is 0 Å². The molecule has 2 rings (SSSR count). The molecular weight excluding hydrogens is 236 g/mol. The van der Waals surface area contributed by atoms with Crippen LogP contribution < -0.4 is 4.90 Å². The fourth-order valence-corrected chi connectivity index (χ4v) is 2.71. The molecule has 1 aromatic rings. The monoisotopic (exact) mass is 262 g/mol. The number of phenols is 1. The lowest BCUT2D eigenvalue weighted by Gasteiger charge is -2.36. The molecule has 0 saturated carbocycles. The van der Waals surface area contributed by atoms with E-state index in [1.165, 1.54) is 32.2 Å². The molecule has 0 spiro atoms. The minimum Gasteiger partial charge on any atom is -0.506 e. The van der Waals surface area contributed by atoms with Crippen LogP contribution in [-0.2, 0) is 0 Å². The second-order valence-electron chi connectivity index (χ2n) is 5.38. The first-order chi connectivity index (χ1) is 9.31. The third-order valence-electron chi connectivity index (χ3n) is 3.92. The van der Waals surface area contributed by atoms with Gasteiger partial charge in [-0.15, -0.1) is 0 Å². The minimum absolute atomic E-state index is 0.402. The molecule has 0 unspecified atom stereocenters. The maximum atomic E-state index is 9.87. The predicted octanol–water partition coefficient (Wildman–Crippen LogP) is 3.09. The van der Waals surface area contributed by atoms with Gasteiger partial charge in [0.1, 0.15) is 5.75 Å². The van der Waals surface area contributed by atoms with Crippen molar-refractivity contribution in [2.75, 3.05) is 37.6 Å². The molecular formula is C16H26N2O. The SMILES string of the molecule is CCCCCCN1CCN(c2ccccc2O)CC1. The van der Waals surface area contributed by atoms with Crippen LogP contribution in [0.1, 0.15) is 32.6 Å². The minimum atomic E-state index is 0.402. The fraction of sp³-hybridized carbons (Fsp3) is 0.625. The second kappa shape index (κ2) is 7.39. The number of anilines is 1. The van der Waals surface area contributed by atoms with Crippen LogP contribution in [0.15, 0.2) is 24.3 Å². The Bertz CT molecular complexity index is 373. The van der Waals surface area contributed by atoms with Crippen LogP contribution in [0.4, 0.5) is 5.69 Å². The Morgan fingerprint density at radius 2 is 1.74 bits per heavy atom. The van der Waals surface area contributed by atoms with Crippen molar-refractivity contribution in [3.63, 3.8) is 0 Å². The van der Waals surface area contributed by atoms with Gasteiger partial charge in [0.25, 0.3) is 0 Å². The third-order valence-corrected chi connectivity index (χ3v) is 3.92. The number of benzene rings is 1. The molecule has 0 aliphatic carbocycles. The molecule has 1 fully saturated rings. The van der Waals surface area contributed by atoms with Crippen LogP contribution in [0.2, 0.25) is 0 Å². The number of unbranched alkanes of at least 4 members (excludes halogenated alkanes) is 3. The van der Waals surface area contributed by atoms with Crippen molar-refractivity contribution in [3.8, 4) is 5.75 Å². The molecule has 106 valence electrons. The average molecular weight is 262 g/mol. The lowest BCUT2D eigenvalue weighted by atomic mass is 10.2. The smallest absolute Gasteiger partial charge is 0.138 e. The van der Waals surface area contributed by atoms with E-state index in [0.29, 0.717) is 5.75 Å². The highest BCUT2D eigenvalue weighted by Crippen LogP contribution is 2.27. The molecule has 1 saturated heterocycles. The van der Waals surface area contributed by atoms with Gasteiger partial charge in [0.2, 0.25) is 0 Å². The summed E-state index contributed by atoms with van der Waals surface area (Å²) >= 11 is 0. The number of hydrogen-bond acceptors (Lipinski definition) is 3. The summed E-state index contributed by atoms with van der Waals surface area (Å²) in [6.07, 6.45) is 5.35. The van der Waals surface area contributed by atoms with Gasteiger partial charge < -0.3 is 10.0 Å². The largest absolute Gasteiger partial charge is 0.506 e. The Hall–Kier alpha value is -1.22. The molecule has 1 heterocycles. The number of nitrogens with zero attached hydrogens (tertiary/aromatic N) is 2. The second-order valence-corrected chi connectivity index (χ2v) is 5.38. The quantitative estimate of drug-likeness (QED) is 0.798. The first kappa shape index (κ1) is 14.2. The zero-order valence-electron chi connectivity index (χ0n) is 12.0. The molecule has 0 aromatic heterocycles. The molecule has 0 amide bonds. The van der Waals surface area contributed by atoms with E-state index < -0.39 is 0 Å². The van der Waals surface area contributed by atoms with Crippen LogP contribution in [0.5, 0.6) is 5.75 Å². The highest BCUT2D eigenvalue weighted by Gasteiger charge is 2.18. The molecule has 0 bridgehead atoms. The number of aromatic hydroxyl groups is 1. The lowest BCUT2D eigenvalue weighted by molar-refractivity contribution is 0.251. The first-order valence-corrected chi connectivity index (χ1v) is 7.56. The highest BCUT2D eigenvalue weighted by molar-refractivity contribution is 5.57. The number of phenolic OH excluding ortho intramolecular Hbond substituents is 1. The Labute approximate surface area is 116 Å². The molecule has 1 aliphatic heterocycles.